The zero-order valence-electron chi connectivity index (χ0n) is 13.4. The molecule has 1 aliphatic heterocycles. The number of rotatable bonds is 4. The molecule has 1 aliphatic rings. The molecule has 5 nitrogen and oxygen atoms in total. The Morgan fingerprint density at radius 3 is 2.12 bits per heavy atom. The summed E-state index contributed by atoms with van der Waals surface area (Å²) in [5, 5.41) is 0. The lowest BCUT2D eigenvalue weighted by atomic mass is 10.1. The molecule has 2 amide bonds. The van der Waals surface area contributed by atoms with Gasteiger partial charge in [0.15, 0.2) is 0 Å². The first-order valence-corrected chi connectivity index (χ1v) is 8.03. The number of halogens is 1. The number of nitrogens with zero attached hydrogens (tertiary/aromatic N) is 2. The van der Waals surface area contributed by atoms with E-state index in [1.807, 2.05) is 12.3 Å². The van der Waals surface area contributed by atoms with Gasteiger partial charge in [-0.25, -0.2) is 4.39 Å². The van der Waals surface area contributed by atoms with Gasteiger partial charge in [-0.1, -0.05) is 12.1 Å². The maximum Gasteiger partial charge on any atom is 0.227 e. The second kappa shape index (κ2) is 7.29. The Labute approximate surface area is 140 Å². The number of amides is 2. The fourth-order valence-corrected chi connectivity index (χ4v) is 2.89. The van der Waals surface area contributed by atoms with Crippen molar-refractivity contribution in [1.82, 2.24) is 14.8 Å². The highest BCUT2D eigenvalue weighted by atomic mass is 19.1. The van der Waals surface area contributed by atoms with Crippen LogP contribution in [0.2, 0.25) is 0 Å². The highest BCUT2D eigenvalue weighted by Gasteiger charge is 2.24. The fourth-order valence-electron chi connectivity index (χ4n) is 2.89. The minimum absolute atomic E-state index is 0.0293. The molecule has 2 heterocycles. The van der Waals surface area contributed by atoms with Crippen molar-refractivity contribution < 1.29 is 14.0 Å². The van der Waals surface area contributed by atoms with Crippen LogP contribution in [0.3, 0.4) is 0 Å². The van der Waals surface area contributed by atoms with Gasteiger partial charge in [-0.15, -0.1) is 0 Å². The van der Waals surface area contributed by atoms with Gasteiger partial charge in [-0.2, -0.15) is 0 Å². The fraction of sp³-hybridized carbons (Fsp3) is 0.333. The number of piperazine rings is 1. The predicted molar refractivity (Wildman–Crippen MR) is 87.8 cm³/mol. The van der Waals surface area contributed by atoms with E-state index >= 15 is 0 Å². The number of aromatic amines is 1. The number of nitrogens with one attached hydrogen (secondary N) is 1. The average Bonchev–Trinajstić information content (AvgIpc) is 3.08. The van der Waals surface area contributed by atoms with Crippen LogP contribution in [0.15, 0.2) is 42.7 Å². The first-order chi connectivity index (χ1) is 11.6. The van der Waals surface area contributed by atoms with Crippen LogP contribution in [-0.2, 0) is 22.4 Å². The minimum Gasteiger partial charge on any atom is -0.367 e. The number of carbonyl (C=O) groups is 2. The van der Waals surface area contributed by atoms with Crippen LogP contribution in [0.1, 0.15) is 11.1 Å². The summed E-state index contributed by atoms with van der Waals surface area (Å²) in [4.78, 5) is 31.0. The molecule has 0 radical (unpaired) electrons. The van der Waals surface area contributed by atoms with Crippen molar-refractivity contribution >= 4 is 11.8 Å². The molecule has 1 N–H and O–H groups in total. The summed E-state index contributed by atoms with van der Waals surface area (Å²) in [6.07, 6.45) is 4.18. The van der Waals surface area contributed by atoms with Crippen LogP contribution in [0.4, 0.5) is 4.39 Å². The third-order valence-electron chi connectivity index (χ3n) is 4.25. The van der Waals surface area contributed by atoms with Gasteiger partial charge in [0, 0.05) is 38.6 Å². The van der Waals surface area contributed by atoms with Gasteiger partial charge in [0.1, 0.15) is 5.82 Å². The summed E-state index contributed by atoms with van der Waals surface area (Å²) in [5.74, 6) is -0.286. The lowest BCUT2D eigenvalue weighted by molar-refractivity contribution is -0.138. The number of carbonyl (C=O) groups excluding carboxylic acids is 2. The normalized spacial score (nSPS) is 14.7. The molecule has 6 heteroatoms. The first-order valence-electron chi connectivity index (χ1n) is 8.03. The maximum absolute atomic E-state index is 13.2. The molecule has 3 rings (SSSR count). The summed E-state index contributed by atoms with van der Waals surface area (Å²) >= 11 is 0. The molecule has 1 saturated heterocycles. The van der Waals surface area contributed by atoms with Gasteiger partial charge in [0.25, 0.3) is 0 Å². The zero-order chi connectivity index (χ0) is 16.9. The van der Waals surface area contributed by atoms with E-state index < -0.39 is 0 Å². The molecule has 24 heavy (non-hydrogen) atoms. The average molecular weight is 329 g/mol. The van der Waals surface area contributed by atoms with Crippen LogP contribution in [0, 0.1) is 5.82 Å². The molecular formula is C18H20FN3O2. The lowest BCUT2D eigenvalue weighted by Crippen LogP contribution is -2.51. The van der Waals surface area contributed by atoms with E-state index in [4.69, 9.17) is 0 Å². The van der Waals surface area contributed by atoms with Crippen LogP contribution < -0.4 is 0 Å². The van der Waals surface area contributed by atoms with Crippen molar-refractivity contribution in [3.05, 3.63) is 59.7 Å². The molecule has 0 saturated carbocycles. The summed E-state index contributed by atoms with van der Waals surface area (Å²) in [7, 11) is 0. The van der Waals surface area contributed by atoms with Gasteiger partial charge in [-0.05, 0) is 29.3 Å². The highest BCUT2D eigenvalue weighted by molar-refractivity contribution is 5.81. The Morgan fingerprint density at radius 1 is 0.958 bits per heavy atom. The molecule has 0 atom stereocenters. The largest absolute Gasteiger partial charge is 0.367 e. The van der Waals surface area contributed by atoms with E-state index in [9.17, 15) is 14.0 Å². The highest BCUT2D eigenvalue weighted by Crippen LogP contribution is 2.10. The van der Waals surface area contributed by atoms with Crippen LogP contribution in [-0.4, -0.2) is 52.8 Å². The van der Waals surface area contributed by atoms with E-state index in [2.05, 4.69) is 4.98 Å². The first kappa shape index (κ1) is 16.2. The molecule has 126 valence electrons. The van der Waals surface area contributed by atoms with E-state index in [1.54, 1.807) is 28.1 Å². The number of hydrogen-bond donors (Lipinski definition) is 1. The van der Waals surface area contributed by atoms with E-state index in [-0.39, 0.29) is 24.1 Å². The molecule has 0 spiro atoms. The van der Waals surface area contributed by atoms with Gasteiger partial charge in [0.2, 0.25) is 11.8 Å². The monoisotopic (exact) mass is 329 g/mol. The Bertz CT molecular complexity index is 707. The topological polar surface area (TPSA) is 56.4 Å². The summed E-state index contributed by atoms with van der Waals surface area (Å²) in [5.41, 5.74) is 1.63. The van der Waals surface area contributed by atoms with Crippen LogP contribution >= 0.6 is 0 Å². The molecule has 0 bridgehead atoms. The van der Waals surface area contributed by atoms with Gasteiger partial charge >= 0.3 is 0 Å². The second-order valence-electron chi connectivity index (χ2n) is 5.96. The predicted octanol–water partition coefficient (Wildman–Crippen LogP) is 1.61. The Morgan fingerprint density at radius 2 is 1.58 bits per heavy atom. The van der Waals surface area contributed by atoms with Crippen LogP contribution in [0.5, 0.6) is 0 Å². The van der Waals surface area contributed by atoms with Crippen molar-refractivity contribution in [2.24, 2.45) is 0 Å². The standard InChI is InChI=1S/C18H20FN3O2/c19-16-3-1-2-14(10-16)11-17(23)21-6-8-22(9-7-21)18(24)12-15-4-5-20-13-15/h1-5,10,13,20H,6-9,11-12H2. The van der Waals surface area contributed by atoms with Gasteiger partial charge < -0.3 is 14.8 Å². The quantitative estimate of drug-likeness (QED) is 0.926. The Kier molecular flexibility index (Phi) is 4.93. The zero-order valence-corrected chi connectivity index (χ0v) is 13.4. The Hall–Kier alpha value is -2.63. The van der Waals surface area contributed by atoms with E-state index in [0.29, 0.717) is 38.2 Å². The molecule has 2 aromatic rings. The second-order valence-corrected chi connectivity index (χ2v) is 5.96. The lowest BCUT2D eigenvalue weighted by Gasteiger charge is -2.35. The third-order valence-corrected chi connectivity index (χ3v) is 4.25. The van der Waals surface area contributed by atoms with Crippen LogP contribution in [0.25, 0.3) is 0 Å². The molecule has 1 fully saturated rings. The molecular weight excluding hydrogens is 309 g/mol. The van der Waals surface area contributed by atoms with E-state index in [1.165, 1.54) is 12.1 Å². The van der Waals surface area contributed by atoms with Crippen molar-refractivity contribution in [2.45, 2.75) is 12.8 Å². The summed E-state index contributed by atoms with van der Waals surface area (Å²) in [6, 6.07) is 7.99. The number of benzene rings is 1. The molecule has 1 aromatic carbocycles. The molecule has 1 aromatic heterocycles. The van der Waals surface area contributed by atoms with E-state index in [0.717, 1.165) is 5.56 Å². The number of H-pyrrole nitrogens is 1. The summed E-state index contributed by atoms with van der Waals surface area (Å²) in [6.45, 7) is 2.12. The Balaban J connectivity index is 1.49. The van der Waals surface area contributed by atoms with Crippen molar-refractivity contribution in [2.75, 3.05) is 26.2 Å². The minimum atomic E-state index is -0.333. The van der Waals surface area contributed by atoms with Crippen molar-refractivity contribution in [1.29, 1.82) is 0 Å². The van der Waals surface area contributed by atoms with Crippen molar-refractivity contribution in [3.8, 4) is 0 Å². The summed E-state index contributed by atoms with van der Waals surface area (Å²) < 4.78 is 13.2. The molecule has 0 unspecified atom stereocenters. The van der Waals surface area contributed by atoms with Gasteiger partial charge in [-0.3, -0.25) is 9.59 Å². The maximum atomic E-state index is 13.2. The third kappa shape index (κ3) is 4.01. The SMILES string of the molecule is O=C(Cc1cc[nH]c1)N1CCN(C(=O)Cc2cccc(F)c2)CC1. The van der Waals surface area contributed by atoms with Crippen molar-refractivity contribution in [3.63, 3.8) is 0 Å². The smallest absolute Gasteiger partial charge is 0.227 e. The number of hydrogen-bond acceptors (Lipinski definition) is 2. The van der Waals surface area contributed by atoms with Gasteiger partial charge in [0.05, 0.1) is 12.8 Å². The number of aromatic nitrogens is 1. The molecule has 0 aliphatic carbocycles.